The fourth-order valence-electron chi connectivity index (χ4n) is 0.341. The van der Waals surface area contributed by atoms with Crippen LogP contribution in [0.4, 0.5) is 0 Å². The quantitative estimate of drug-likeness (QED) is 0.504. The second kappa shape index (κ2) is 3.87. The summed E-state index contributed by atoms with van der Waals surface area (Å²) in [6.45, 7) is 6.42. The van der Waals surface area contributed by atoms with Crippen molar-refractivity contribution in [2.24, 2.45) is 0 Å². The molecule has 1 atom stereocenters. The van der Waals surface area contributed by atoms with Crippen molar-refractivity contribution in [2.45, 2.75) is 13.2 Å². The number of nitrogens with zero attached hydrogens (tertiary/aromatic N) is 1. The van der Waals surface area contributed by atoms with Crippen LogP contribution in [0.1, 0.15) is 6.92 Å². The van der Waals surface area contributed by atoms with Crippen LogP contribution in [-0.2, 0) is 4.74 Å². The molecular weight excluding hydrogens is 102 g/mol. The van der Waals surface area contributed by atoms with E-state index in [1.54, 1.807) is 0 Å². The van der Waals surface area contributed by atoms with Gasteiger partial charge in [0, 0.05) is 6.61 Å². The van der Waals surface area contributed by atoms with Gasteiger partial charge in [0.1, 0.15) is 6.23 Å². The van der Waals surface area contributed by atoms with Crippen molar-refractivity contribution in [3.8, 4) is 0 Å². The molecular formula is C6H14NO. The van der Waals surface area contributed by atoms with Crippen LogP contribution < -0.4 is 0 Å². The highest BCUT2D eigenvalue weighted by Gasteiger charge is 2.00. The average molecular weight is 116 g/mol. The van der Waals surface area contributed by atoms with Gasteiger partial charge in [-0.3, -0.25) is 4.90 Å². The third kappa shape index (κ3) is 2.99. The lowest BCUT2D eigenvalue weighted by molar-refractivity contribution is 0.00272. The lowest BCUT2D eigenvalue weighted by atomic mass is 10.6. The van der Waals surface area contributed by atoms with Crippen LogP contribution in [0.25, 0.3) is 0 Å². The summed E-state index contributed by atoms with van der Waals surface area (Å²) in [5.74, 6) is 0. The highest BCUT2D eigenvalue weighted by Crippen LogP contribution is 1.90. The molecule has 1 unspecified atom stereocenters. The molecule has 0 aromatic heterocycles. The van der Waals surface area contributed by atoms with Crippen LogP contribution >= 0.6 is 0 Å². The minimum absolute atomic E-state index is 0.000000000000000444. The highest BCUT2D eigenvalue weighted by molar-refractivity contribution is 4.53. The van der Waals surface area contributed by atoms with E-state index in [2.05, 4.69) is 6.92 Å². The van der Waals surface area contributed by atoms with Crippen molar-refractivity contribution in [3.05, 3.63) is 6.92 Å². The predicted octanol–water partition coefficient (Wildman–Crippen LogP) is 0.745. The van der Waals surface area contributed by atoms with E-state index in [1.807, 2.05) is 25.9 Å². The summed E-state index contributed by atoms with van der Waals surface area (Å²) in [5.41, 5.74) is 0. The largest absolute Gasteiger partial charge is 0.363 e. The van der Waals surface area contributed by atoms with E-state index in [4.69, 9.17) is 4.74 Å². The van der Waals surface area contributed by atoms with Gasteiger partial charge in [0.2, 0.25) is 0 Å². The molecule has 49 valence electrons. The van der Waals surface area contributed by atoms with Crippen LogP contribution in [0.2, 0.25) is 0 Å². The Balaban J connectivity index is 3.17. The summed E-state index contributed by atoms with van der Waals surface area (Å²) in [7, 11) is 3.88. The summed E-state index contributed by atoms with van der Waals surface area (Å²) in [4.78, 5) is 1.92. The Morgan fingerprint density at radius 1 is 1.62 bits per heavy atom. The smallest absolute Gasteiger partial charge is 0.110 e. The van der Waals surface area contributed by atoms with Crippen LogP contribution in [0.15, 0.2) is 0 Å². The van der Waals surface area contributed by atoms with Crippen molar-refractivity contribution in [3.63, 3.8) is 0 Å². The van der Waals surface area contributed by atoms with E-state index in [0.29, 0.717) is 0 Å². The van der Waals surface area contributed by atoms with Crippen molar-refractivity contribution < 1.29 is 4.74 Å². The average Bonchev–Trinajstić information content (AvgIpc) is 1.67. The van der Waals surface area contributed by atoms with Crippen LogP contribution in [-0.4, -0.2) is 31.8 Å². The Kier molecular flexibility index (Phi) is 3.83. The Labute approximate surface area is 51.4 Å². The topological polar surface area (TPSA) is 12.5 Å². The first-order valence-electron chi connectivity index (χ1n) is 2.79. The molecule has 0 saturated heterocycles. The van der Waals surface area contributed by atoms with Gasteiger partial charge in [0.25, 0.3) is 0 Å². The van der Waals surface area contributed by atoms with E-state index >= 15 is 0 Å². The maximum Gasteiger partial charge on any atom is 0.110 e. The Morgan fingerprint density at radius 2 is 2.12 bits per heavy atom. The lowest BCUT2D eigenvalue weighted by Gasteiger charge is -2.18. The minimum atomic E-state index is -0.000000000000000444. The molecule has 0 bridgehead atoms. The van der Waals surface area contributed by atoms with Crippen LogP contribution in [0, 0.1) is 6.92 Å². The first-order chi connectivity index (χ1) is 3.68. The molecule has 0 saturated carbocycles. The molecule has 0 rings (SSSR count). The molecule has 0 fully saturated rings. The summed E-state index contributed by atoms with van der Waals surface area (Å²) < 4.78 is 5.12. The highest BCUT2D eigenvalue weighted by atomic mass is 16.5. The van der Waals surface area contributed by atoms with Gasteiger partial charge in [0.05, 0.1) is 0 Å². The first kappa shape index (κ1) is 7.92. The van der Waals surface area contributed by atoms with Crippen LogP contribution in [0.5, 0.6) is 0 Å². The van der Waals surface area contributed by atoms with Gasteiger partial charge in [0.15, 0.2) is 0 Å². The van der Waals surface area contributed by atoms with Gasteiger partial charge in [-0.05, 0) is 27.9 Å². The monoisotopic (exact) mass is 116 g/mol. The molecule has 0 aromatic carbocycles. The zero-order chi connectivity index (χ0) is 6.57. The summed E-state index contributed by atoms with van der Waals surface area (Å²) >= 11 is 0. The van der Waals surface area contributed by atoms with Gasteiger partial charge >= 0.3 is 0 Å². The molecule has 2 nitrogen and oxygen atoms in total. The summed E-state index contributed by atoms with van der Waals surface area (Å²) in [6, 6.07) is 0. The minimum Gasteiger partial charge on any atom is -0.363 e. The summed E-state index contributed by atoms with van der Waals surface area (Å²) in [5, 5.41) is 0. The molecule has 0 aliphatic carbocycles. The molecule has 0 N–H and O–H groups in total. The third-order valence-electron chi connectivity index (χ3n) is 0.935. The maximum absolute atomic E-state index is 5.12. The van der Waals surface area contributed by atoms with Crippen molar-refractivity contribution in [2.75, 3.05) is 20.7 Å². The third-order valence-corrected chi connectivity index (χ3v) is 0.935. The molecule has 0 aromatic rings. The van der Waals surface area contributed by atoms with Crippen molar-refractivity contribution in [1.29, 1.82) is 0 Å². The second-order valence-corrected chi connectivity index (χ2v) is 1.87. The molecule has 0 amide bonds. The van der Waals surface area contributed by atoms with E-state index in [-0.39, 0.29) is 6.23 Å². The van der Waals surface area contributed by atoms with E-state index in [1.165, 1.54) is 0 Å². The zero-order valence-corrected chi connectivity index (χ0v) is 5.85. The number of rotatable bonds is 3. The maximum atomic E-state index is 5.12. The van der Waals surface area contributed by atoms with Gasteiger partial charge < -0.3 is 4.74 Å². The predicted molar refractivity (Wildman–Crippen MR) is 34.5 cm³/mol. The molecule has 2 heteroatoms. The molecule has 0 spiro atoms. The standard InChI is InChI=1S/C6H14NO/c1-5-8-6(2)7(3)4/h6H,2,5H2,1,3-4H3. The van der Waals surface area contributed by atoms with Gasteiger partial charge in [-0.15, -0.1) is 0 Å². The van der Waals surface area contributed by atoms with Gasteiger partial charge in [-0.25, -0.2) is 0 Å². The fourth-order valence-corrected chi connectivity index (χ4v) is 0.341. The SMILES string of the molecule is [CH2]C(OCC)N(C)C. The van der Waals surface area contributed by atoms with E-state index in [0.717, 1.165) is 6.61 Å². The number of hydrogen-bond donors (Lipinski definition) is 0. The number of hydrogen-bond acceptors (Lipinski definition) is 2. The van der Waals surface area contributed by atoms with Crippen molar-refractivity contribution >= 4 is 0 Å². The van der Waals surface area contributed by atoms with Crippen LogP contribution in [0.3, 0.4) is 0 Å². The molecule has 0 heterocycles. The van der Waals surface area contributed by atoms with E-state index < -0.39 is 0 Å². The zero-order valence-electron chi connectivity index (χ0n) is 5.85. The van der Waals surface area contributed by atoms with Gasteiger partial charge in [-0.1, -0.05) is 0 Å². The molecule has 1 radical (unpaired) electrons. The fraction of sp³-hybridized carbons (Fsp3) is 0.833. The Hall–Kier alpha value is -0.0800. The Morgan fingerprint density at radius 3 is 2.25 bits per heavy atom. The first-order valence-corrected chi connectivity index (χ1v) is 2.79. The van der Waals surface area contributed by atoms with Gasteiger partial charge in [-0.2, -0.15) is 0 Å². The normalized spacial score (nSPS) is 14.6. The van der Waals surface area contributed by atoms with E-state index in [9.17, 15) is 0 Å². The molecule has 0 aliphatic heterocycles. The second-order valence-electron chi connectivity index (χ2n) is 1.87. The lowest BCUT2D eigenvalue weighted by Crippen LogP contribution is -2.27. The molecule has 8 heavy (non-hydrogen) atoms. The molecule has 0 aliphatic rings. The Bertz CT molecular complexity index is 54.5. The number of ether oxygens (including phenoxy) is 1. The van der Waals surface area contributed by atoms with Crippen molar-refractivity contribution in [1.82, 2.24) is 4.90 Å². The summed E-state index contributed by atoms with van der Waals surface area (Å²) in [6.07, 6.45) is -0.000000000000000444.